The SMILES string of the molecule is CCCCCCCCCCCCCCCCCC[N+](CC)(CCCCCCCCCCCCCCCCCC)Cc1ccccc1. The third kappa shape index (κ3) is 27.2. The molecule has 0 radical (unpaired) electrons. The molecule has 0 aliphatic heterocycles. The van der Waals surface area contributed by atoms with Crippen molar-refractivity contribution in [1.29, 1.82) is 0 Å². The molecule has 0 amide bonds. The lowest BCUT2D eigenvalue weighted by molar-refractivity contribution is -0.939. The molecule has 1 heteroatoms. The fourth-order valence-corrected chi connectivity index (χ4v) is 7.66. The molecule has 270 valence electrons. The van der Waals surface area contributed by atoms with Crippen LogP contribution in [0.5, 0.6) is 0 Å². The highest BCUT2D eigenvalue weighted by Crippen LogP contribution is 2.21. The summed E-state index contributed by atoms with van der Waals surface area (Å²) in [4.78, 5) is 0. The highest BCUT2D eigenvalue weighted by atomic mass is 15.3. The van der Waals surface area contributed by atoms with Crippen molar-refractivity contribution >= 4 is 0 Å². The molecule has 0 aromatic heterocycles. The first kappa shape index (κ1) is 43.2. The molecule has 0 heterocycles. The summed E-state index contributed by atoms with van der Waals surface area (Å²) in [5.41, 5.74) is 1.54. The maximum absolute atomic E-state index is 2.46. The van der Waals surface area contributed by atoms with Crippen LogP contribution in [0.2, 0.25) is 0 Å². The van der Waals surface area contributed by atoms with Crippen LogP contribution in [0.1, 0.15) is 232 Å². The van der Waals surface area contributed by atoms with Gasteiger partial charge >= 0.3 is 0 Å². The summed E-state index contributed by atoms with van der Waals surface area (Å²) in [6.07, 6.45) is 46.6. The monoisotopic (exact) mass is 641 g/mol. The molecule has 0 N–H and O–H groups in total. The van der Waals surface area contributed by atoms with E-state index in [1.807, 2.05) is 0 Å². The van der Waals surface area contributed by atoms with Gasteiger partial charge in [-0.05, 0) is 32.6 Å². The highest BCUT2D eigenvalue weighted by molar-refractivity contribution is 5.13. The van der Waals surface area contributed by atoms with E-state index in [0.29, 0.717) is 0 Å². The molecule has 0 unspecified atom stereocenters. The van der Waals surface area contributed by atoms with E-state index in [4.69, 9.17) is 0 Å². The average Bonchev–Trinajstić information content (AvgIpc) is 3.08. The standard InChI is InChI=1S/C45H86N/c1-4-7-9-11-13-15-17-19-21-23-25-27-29-31-33-38-42-46(6-3,44-45-40-36-35-37-41-45)43-39-34-32-30-28-26-24-22-20-18-16-14-12-10-8-5-2/h35-37,40-41H,4-34,38-39,42-44H2,1-3H3/q+1. The van der Waals surface area contributed by atoms with Gasteiger partial charge < -0.3 is 4.48 Å². The number of benzene rings is 1. The van der Waals surface area contributed by atoms with Crippen molar-refractivity contribution in [2.24, 2.45) is 0 Å². The van der Waals surface area contributed by atoms with Crippen molar-refractivity contribution in [3.05, 3.63) is 35.9 Å². The number of nitrogens with zero attached hydrogens (tertiary/aromatic N) is 1. The molecule has 0 atom stereocenters. The Balaban J connectivity index is 2.12. The molecule has 1 rings (SSSR count). The lowest BCUT2D eigenvalue weighted by Gasteiger charge is -2.38. The van der Waals surface area contributed by atoms with Gasteiger partial charge in [-0.1, -0.05) is 224 Å². The van der Waals surface area contributed by atoms with E-state index >= 15 is 0 Å². The van der Waals surface area contributed by atoms with Crippen LogP contribution < -0.4 is 0 Å². The predicted molar refractivity (Wildman–Crippen MR) is 210 cm³/mol. The number of hydrogen-bond donors (Lipinski definition) is 0. The lowest BCUT2D eigenvalue weighted by atomic mass is 10.0. The lowest BCUT2D eigenvalue weighted by Crippen LogP contribution is -2.48. The molecule has 1 nitrogen and oxygen atoms in total. The fourth-order valence-electron chi connectivity index (χ4n) is 7.66. The molecule has 0 saturated heterocycles. The Bertz CT molecular complexity index is 660. The molecule has 0 aliphatic carbocycles. The summed E-state index contributed by atoms with van der Waals surface area (Å²) in [6.45, 7) is 12.4. The molecular formula is C45H86N+. The smallest absolute Gasteiger partial charge is 0.104 e. The van der Waals surface area contributed by atoms with Gasteiger partial charge in [0.25, 0.3) is 0 Å². The first-order valence-electron chi connectivity index (χ1n) is 21.7. The van der Waals surface area contributed by atoms with Gasteiger partial charge in [-0.2, -0.15) is 0 Å². The van der Waals surface area contributed by atoms with Gasteiger partial charge in [0.15, 0.2) is 0 Å². The van der Waals surface area contributed by atoms with Crippen molar-refractivity contribution in [2.75, 3.05) is 19.6 Å². The van der Waals surface area contributed by atoms with E-state index < -0.39 is 0 Å². The molecule has 0 bridgehead atoms. The van der Waals surface area contributed by atoms with Crippen molar-refractivity contribution in [2.45, 2.75) is 233 Å². The second-order valence-electron chi connectivity index (χ2n) is 15.4. The second-order valence-corrected chi connectivity index (χ2v) is 15.4. The van der Waals surface area contributed by atoms with Gasteiger partial charge in [-0.15, -0.1) is 0 Å². The Hall–Kier alpha value is -0.820. The van der Waals surface area contributed by atoms with E-state index in [9.17, 15) is 0 Å². The molecule has 0 aliphatic rings. The summed E-state index contributed by atoms with van der Waals surface area (Å²) in [5.74, 6) is 0. The predicted octanol–water partition coefficient (Wildman–Crippen LogP) is 15.5. The van der Waals surface area contributed by atoms with E-state index in [2.05, 4.69) is 51.1 Å². The molecule has 1 aromatic rings. The van der Waals surface area contributed by atoms with E-state index in [-0.39, 0.29) is 0 Å². The fraction of sp³-hybridized carbons (Fsp3) is 0.867. The molecular weight excluding hydrogens is 555 g/mol. The summed E-state index contributed by atoms with van der Waals surface area (Å²) >= 11 is 0. The molecule has 0 spiro atoms. The van der Waals surface area contributed by atoms with Gasteiger partial charge in [0.2, 0.25) is 0 Å². The first-order chi connectivity index (χ1) is 22.8. The first-order valence-corrected chi connectivity index (χ1v) is 21.7. The summed E-state index contributed by atoms with van der Waals surface area (Å²) in [7, 11) is 0. The summed E-state index contributed by atoms with van der Waals surface area (Å²) < 4.78 is 1.31. The maximum Gasteiger partial charge on any atom is 0.104 e. The quantitative estimate of drug-likeness (QED) is 0.0501. The van der Waals surface area contributed by atoms with Crippen LogP contribution in [0.3, 0.4) is 0 Å². The summed E-state index contributed by atoms with van der Waals surface area (Å²) in [5, 5.41) is 0. The molecule has 0 saturated carbocycles. The van der Waals surface area contributed by atoms with Crippen LogP contribution in [-0.4, -0.2) is 24.1 Å². The zero-order valence-electron chi connectivity index (χ0n) is 32.3. The van der Waals surface area contributed by atoms with Crippen molar-refractivity contribution in [1.82, 2.24) is 0 Å². The number of unbranched alkanes of at least 4 members (excludes halogenated alkanes) is 30. The van der Waals surface area contributed by atoms with Gasteiger partial charge in [0.1, 0.15) is 6.54 Å². The third-order valence-corrected chi connectivity index (χ3v) is 11.0. The van der Waals surface area contributed by atoms with E-state index in [1.54, 1.807) is 0 Å². The number of quaternary nitrogens is 1. The van der Waals surface area contributed by atoms with Crippen LogP contribution >= 0.6 is 0 Å². The van der Waals surface area contributed by atoms with Crippen LogP contribution in [0, 0.1) is 0 Å². The van der Waals surface area contributed by atoms with Crippen LogP contribution in [-0.2, 0) is 6.54 Å². The largest absolute Gasteiger partial charge is 0.320 e. The molecule has 0 fully saturated rings. The molecule has 46 heavy (non-hydrogen) atoms. The average molecular weight is 641 g/mol. The van der Waals surface area contributed by atoms with Gasteiger partial charge in [0.05, 0.1) is 19.6 Å². The van der Waals surface area contributed by atoms with Crippen molar-refractivity contribution in [3.63, 3.8) is 0 Å². The topological polar surface area (TPSA) is 0 Å². The van der Waals surface area contributed by atoms with Crippen LogP contribution in [0.15, 0.2) is 30.3 Å². The van der Waals surface area contributed by atoms with Gasteiger partial charge in [-0.3, -0.25) is 0 Å². The Morgan fingerprint density at radius 1 is 0.326 bits per heavy atom. The minimum atomic E-state index is 1.23. The highest BCUT2D eigenvalue weighted by Gasteiger charge is 2.25. The van der Waals surface area contributed by atoms with Crippen molar-refractivity contribution in [3.8, 4) is 0 Å². The Morgan fingerprint density at radius 2 is 0.587 bits per heavy atom. The second kappa shape index (κ2) is 34.1. The maximum atomic E-state index is 2.46. The summed E-state index contributed by atoms with van der Waals surface area (Å²) in [6, 6.07) is 11.4. The minimum Gasteiger partial charge on any atom is -0.320 e. The van der Waals surface area contributed by atoms with Crippen LogP contribution in [0.25, 0.3) is 0 Å². The number of hydrogen-bond acceptors (Lipinski definition) is 0. The van der Waals surface area contributed by atoms with E-state index in [0.717, 1.165) is 0 Å². The zero-order valence-corrected chi connectivity index (χ0v) is 32.3. The zero-order chi connectivity index (χ0) is 33.1. The third-order valence-electron chi connectivity index (χ3n) is 11.0. The van der Waals surface area contributed by atoms with E-state index in [1.165, 1.54) is 242 Å². The Labute approximate surface area is 292 Å². The Kier molecular flexibility index (Phi) is 32.0. The molecule has 1 aromatic carbocycles. The normalized spacial score (nSPS) is 11.9. The Morgan fingerprint density at radius 3 is 0.848 bits per heavy atom. The van der Waals surface area contributed by atoms with Crippen LogP contribution in [0.4, 0.5) is 0 Å². The van der Waals surface area contributed by atoms with Gasteiger partial charge in [-0.25, -0.2) is 0 Å². The van der Waals surface area contributed by atoms with Crippen molar-refractivity contribution < 1.29 is 4.48 Å². The van der Waals surface area contributed by atoms with Gasteiger partial charge in [0, 0.05) is 5.56 Å². The number of rotatable bonds is 37. The minimum absolute atomic E-state index is 1.23.